The molecule has 0 radical (unpaired) electrons. The topological polar surface area (TPSA) is 22.3 Å². The Balaban J connectivity index is 2.27. The van der Waals surface area contributed by atoms with E-state index in [2.05, 4.69) is 10.6 Å². The third-order valence-corrected chi connectivity index (χ3v) is 3.05. The number of aryl methyl sites for hydroxylation is 1. The van der Waals surface area contributed by atoms with E-state index in [0.717, 1.165) is 28.3 Å². The highest BCUT2D eigenvalue weighted by Crippen LogP contribution is 2.37. The highest BCUT2D eigenvalue weighted by atomic mass is 16.5. The van der Waals surface area contributed by atoms with E-state index in [1.807, 2.05) is 37.4 Å². The number of hydrogen-bond acceptors (Lipinski definition) is 2. The Bertz CT molecular complexity index is 578. The molecule has 2 aromatic rings. The Labute approximate surface area is 100 Å². The summed E-state index contributed by atoms with van der Waals surface area (Å²) >= 11 is 0. The van der Waals surface area contributed by atoms with E-state index in [9.17, 15) is 0 Å². The quantitative estimate of drug-likeness (QED) is 0.699. The molecule has 1 aromatic heterocycles. The summed E-state index contributed by atoms with van der Waals surface area (Å²) in [4.78, 5) is 0. The predicted molar refractivity (Wildman–Crippen MR) is 64.0 cm³/mol. The molecule has 0 amide bonds. The van der Waals surface area contributed by atoms with Gasteiger partial charge in [0.25, 0.3) is 6.73 Å². The average Bonchev–Trinajstić information content (AvgIpc) is 2.38. The highest BCUT2D eigenvalue weighted by molar-refractivity contribution is 5.70. The number of rotatable bonds is 1. The van der Waals surface area contributed by atoms with Crippen molar-refractivity contribution in [1.82, 2.24) is 0 Å². The van der Waals surface area contributed by atoms with Crippen molar-refractivity contribution in [2.24, 2.45) is 0 Å². The lowest BCUT2D eigenvalue weighted by Crippen LogP contribution is -2.41. The summed E-state index contributed by atoms with van der Waals surface area (Å²) in [7, 11) is 1.68. The lowest BCUT2D eigenvalue weighted by atomic mass is 10.0. The fraction of sp³-hybridized carbons (Fsp3) is 0.214. The van der Waals surface area contributed by atoms with Gasteiger partial charge in [0.1, 0.15) is 11.5 Å². The molecule has 86 valence electrons. The zero-order valence-electron chi connectivity index (χ0n) is 9.93. The summed E-state index contributed by atoms with van der Waals surface area (Å²) in [5, 5.41) is 0. The first-order valence-electron chi connectivity index (χ1n) is 5.60. The van der Waals surface area contributed by atoms with Crippen molar-refractivity contribution in [3.63, 3.8) is 0 Å². The second kappa shape index (κ2) is 3.77. The molecule has 2 heterocycles. The summed E-state index contributed by atoms with van der Waals surface area (Å²) in [5.41, 5.74) is 3.36. The smallest absolute Gasteiger partial charge is 0.292 e. The number of hydrogen-bond donors (Lipinski definition) is 0. The molecule has 17 heavy (non-hydrogen) atoms. The van der Waals surface area contributed by atoms with Crippen molar-refractivity contribution >= 4 is 0 Å². The van der Waals surface area contributed by atoms with E-state index in [0.29, 0.717) is 6.73 Å². The summed E-state index contributed by atoms with van der Waals surface area (Å²) in [6, 6.07) is 10.2. The number of methoxy groups -OCH3 is 1. The van der Waals surface area contributed by atoms with Crippen LogP contribution in [0.3, 0.4) is 0 Å². The fourth-order valence-electron chi connectivity index (χ4n) is 2.21. The largest absolute Gasteiger partial charge is 0.497 e. The molecule has 1 aliphatic heterocycles. The Morgan fingerprint density at radius 3 is 3.00 bits per heavy atom. The molecule has 1 aromatic carbocycles. The van der Waals surface area contributed by atoms with Crippen molar-refractivity contribution < 1.29 is 14.0 Å². The Morgan fingerprint density at radius 1 is 1.29 bits per heavy atom. The molecule has 0 bridgehead atoms. The van der Waals surface area contributed by atoms with Gasteiger partial charge in [0.2, 0.25) is 5.69 Å². The van der Waals surface area contributed by atoms with Gasteiger partial charge >= 0.3 is 0 Å². The van der Waals surface area contributed by atoms with Gasteiger partial charge in [-0.3, -0.25) is 0 Å². The minimum atomic E-state index is 0.566. The van der Waals surface area contributed by atoms with Gasteiger partial charge < -0.3 is 9.47 Å². The molecule has 0 atom stereocenters. The Kier molecular flexibility index (Phi) is 2.25. The van der Waals surface area contributed by atoms with Crippen molar-refractivity contribution in [2.45, 2.75) is 13.7 Å². The summed E-state index contributed by atoms with van der Waals surface area (Å²) in [6.07, 6.45) is 2.02. The van der Waals surface area contributed by atoms with E-state index in [4.69, 9.17) is 9.47 Å². The van der Waals surface area contributed by atoms with Gasteiger partial charge in [0.15, 0.2) is 6.20 Å². The van der Waals surface area contributed by atoms with Crippen LogP contribution in [0.25, 0.3) is 11.3 Å². The minimum absolute atomic E-state index is 0.566. The predicted octanol–water partition coefficient (Wildman–Crippen LogP) is 2.31. The maximum atomic E-state index is 5.79. The van der Waals surface area contributed by atoms with Crippen LogP contribution in [0.5, 0.6) is 11.5 Å². The van der Waals surface area contributed by atoms with Crippen LogP contribution < -0.4 is 14.0 Å². The van der Waals surface area contributed by atoms with E-state index in [1.165, 1.54) is 0 Å². The molecule has 3 heteroatoms. The summed E-state index contributed by atoms with van der Waals surface area (Å²) < 4.78 is 13.2. The van der Waals surface area contributed by atoms with Crippen LogP contribution in [0.2, 0.25) is 0 Å². The maximum absolute atomic E-state index is 5.79. The highest BCUT2D eigenvalue weighted by Gasteiger charge is 2.25. The second-order valence-electron chi connectivity index (χ2n) is 4.15. The normalized spacial score (nSPS) is 12.4. The van der Waals surface area contributed by atoms with Crippen LogP contribution in [0.4, 0.5) is 0 Å². The first kappa shape index (κ1) is 10.1. The molecule has 0 saturated carbocycles. The van der Waals surface area contributed by atoms with Gasteiger partial charge in [0, 0.05) is 12.1 Å². The summed E-state index contributed by atoms with van der Waals surface area (Å²) in [6.45, 7) is 2.61. The van der Waals surface area contributed by atoms with Gasteiger partial charge in [-0.15, -0.1) is 0 Å². The number of ether oxygens (including phenoxy) is 2. The van der Waals surface area contributed by atoms with Crippen LogP contribution in [0.1, 0.15) is 5.56 Å². The molecule has 0 spiro atoms. The Morgan fingerprint density at radius 2 is 2.18 bits per heavy atom. The van der Waals surface area contributed by atoms with Crippen LogP contribution in [0, 0.1) is 6.92 Å². The van der Waals surface area contributed by atoms with Crippen molar-refractivity contribution in [1.29, 1.82) is 0 Å². The SMILES string of the molecule is COc1cc(C)c2c(c1)-c1cccc[n+]1CO2. The van der Waals surface area contributed by atoms with Crippen molar-refractivity contribution in [3.05, 3.63) is 42.1 Å². The fourth-order valence-corrected chi connectivity index (χ4v) is 2.21. The van der Waals surface area contributed by atoms with Crippen LogP contribution in [-0.4, -0.2) is 7.11 Å². The van der Waals surface area contributed by atoms with E-state index in [-0.39, 0.29) is 0 Å². The van der Waals surface area contributed by atoms with Gasteiger partial charge in [-0.1, -0.05) is 0 Å². The van der Waals surface area contributed by atoms with Gasteiger partial charge in [-0.25, -0.2) is 0 Å². The van der Waals surface area contributed by atoms with Crippen LogP contribution in [-0.2, 0) is 6.73 Å². The molecule has 3 rings (SSSR count). The lowest BCUT2D eigenvalue weighted by molar-refractivity contribution is -0.717. The van der Waals surface area contributed by atoms with E-state index >= 15 is 0 Å². The van der Waals surface area contributed by atoms with E-state index in [1.54, 1.807) is 7.11 Å². The monoisotopic (exact) mass is 228 g/mol. The van der Waals surface area contributed by atoms with Gasteiger partial charge in [-0.05, 0) is 30.7 Å². The molecule has 0 fully saturated rings. The second-order valence-corrected chi connectivity index (χ2v) is 4.15. The first-order valence-corrected chi connectivity index (χ1v) is 5.60. The minimum Gasteiger partial charge on any atom is -0.497 e. The van der Waals surface area contributed by atoms with Gasteiger partial charge in [0.05, 0.1) is 12.7 Å². The molecule has 0 aliphatic carbocycles. The molecule has 0 N–H and O–H groups in total. The average molecular weight is 228 g/mol. The number of benzene rings is 1. The molecule has 1 aliphatic rings. The van der Waals surface area contributed by atoms with Crippen molar-refractivity contribution in [2.75, 3.05) is 7.11 Å². The third-order valence-electron chi connectivity index (χ3n) is 3.05. The first-order chi connectivity index (χ1) is 8.29. The molecule has 3 nitrogen and oxygen atoms in total. The molecule has 0 saturated heterocycles. The zero-order valence-corrected chi connectivity index (χ0v) is 9.93. The van der Waals surface area contributed by atoms with Crippen molar-refractivity contribution in [3.8, 4) is 22.8 Å². The van der Waals surface area contributed by atoms with Crippen LogP contribution >= 0.6 is 0 Å². The molecular formula is C14H14NO2+. The lowest BCUT2D eigenvalue weighted by Gasteiger charge is -2.18. The van der Waals surface area contributed by atoms with Crippen LogP contribution in [0.15, 0.2) is 36.5 Å². The summed E-state index contributed by atoms with van der Waals surface area (Å²) in [5.74, 6) is 1.82. The number of fused-ring (bicyclic) bond motifs is 3. The molecule has 0 unspecified atom stereocenters. The maximum Gasteiger partial charge on any atom is 0.292 e. The van der Waals surface area contributed by atoms with E-state index < -0.39 is 0 Å². The standard InChI is InChI=1S/C14H14NO2/c1-10-7-11(16-2)8-12-13-5-3-4-6-15(13)9-17-14(10)12/h3-8H,9H2,1-2H3/q+1. The third kappa shape index (κ3) is 1.55. The number of nitrogens with zero attached hydrogens (tertiary/aromatic N) is 1. The Hall–Kier alpha value is -2.03. The van der Waals surface area contributed by atoms with Gasteiger partial charge in [-0.2, -0.15) is 4.57 Å². The zero-order chi connectivity index (χ0) is 11.8. The number of aromatic nitrogens is 1. The molecular weight excluding hydrogens is 214 g/mol. The number of pyridine rings is 1.